The summed E-state index contributed by atoms with van der Waals surface area (Å²) in [5.74, 6) is -0.684. The number of nitrogens with one attached hydrogen (secondary N) is 1. The molecular formula is C12H12N4O3S. The molecule has 5 N–H and O–H groups in total. The lowest BCUT2D eigenvalue weighted by molar-refractivity contribution is 0.102. The molecule has 1 aromatic carbocycles. The van der Waals surface area contributed by atoms with Crippen molar-refractivity contribution in [1.82, 2.24) is 9.78 Å². The molecule has 104 valence electrons. The predicted octanol–water partition coefficient (Wildman–Crippen LogP) is 0.718. The number of carbonyl (C=O) groups is 1. The fraction of sp³-hybridized carbons (Fsp3) is 0.0833. The number of aromatic nitrogens is 2. The molecule has 0 unspecified atom stereocenters. The molecule has 0 spiro atoms. The fourth-order valence-electron chi connectivity index (χ4n) is 1.65. The zero-order valence-corrected chi connectivity index (χ0v) is 11.3. The van der Waals surface area contributed by atoms with Gasteiger partial charge in [-0.1, -0.05) is 12.2 Å². The van der Waals surface area contributed by atoms with Crippen molar-refractivity contribution in [3.63, 3.8) is 0 Å². The van der Waals surface area contributed by atoms with E-state index in [4.69, 9.17) is 18.0 Å². The molecule has 0 saturated carbocycles. The van der Waals surface area contributed by atoms with Crippen LogP contribution in [0.3, 0.4) is 0 Å². The van der Waals surface area contributed by atoms with Crippen molar-refractivity contribution >= 4 is 28.9 Å². The maximum absolute atomic E-state index is 12.1. The van der Waals surface area contributed by atoms with Crippen LogP contribution in [0.2, 0.25) is 0 Å². The number of rotatable bonds is 3. The second kappa shape index (κ2) is 5.17. The second-order valence-corrected chi connectivity index (χ2v) is 4.49. The van der Waals surface area contributed by atoms with Crippen LogP contribution in [-0.2, 0) is 7.05 Å². The third-order valence-corrected chi connectivity index (χ3v) is 2.88. The maximum atomic E-state index is 12.1. The van der Waals surface area contributed by atoms with Crippen molar-refractivity contribution < 1.29 is 15.0 Å². The van der Waals surface area contributed by atoms with Gasteiger partial charge in [-0.3, -0.25) is 9.48 Å². The van der Waals surface area contributed by atoms with E-state index < -0.39 is 5.91 Å². The Hall–Kier alpha value is -2.61. The zero-order chi connectivity index (χ0) is 14.9. The normalized spacial score (nSPS) is 10.2. The number of carbonyl (C=O) groups excluding carboxylic acids is 1. The molecule has 1 amide bonds. The Morgan fingerprint density at radius 2 is 2.10 bits per heavy atom. The minimum atomic E-state index is -0.612. The van der Waals surface area contributed by atoms with Crippen molar-refractivity contribution in [3.8, 4) is 11.5 Å². The third kappa shape index (κ3) is 2.54. The number of nitrogens with two attached hydrogens (primary N) is 1. The van der Waals surface area contributed by atoms with Gasteiger partial charge in [-0.25, -0.2) is 0 Å². The van der Waals surface area contributed by atoms with Gasteiger partial charge >= 0.3 is 0 Å². The summed E-state index contributed by atoms with van der Waals surface area (Å²) in [4.78, 5) is 12.2. The van der Waals surface area contributed by atoms with Crippen LogP contribution in [0.5, 0.6) is 11.5 Å². The highest BCUT2D eigenvalue weighted by molar-refractivity contribution is 7.80. The van der Waals surface area contributed by atoms with Crippen molar-refractivity contribution in [2.45, 2.75) is 0 Å². The first-order chi connectivity index (χ1) is 9.40. The van der Waals surface area contributed by atoms with Gasteiger partial charge < -0.3 is 21.3 Å². The lowest BCUT2D eigenvalue weighted by Gasteiger charge is -2.09. The Labute approximate surface area is 119 Å². The van der Waals surface area contributed by atoms with Crippen LogP contribution >= 0.6 is 12.2 Å². The average molecular weight is 292 g/mol. The van der Waals surface area contributed by atoms with Gasteiger partial charge in [-0.2, -0.15) is 5.10 Å². The van der Waals surface area contributed by atoms with E-state index >= 15 is 0 Å². The summed E-state index contributed by atoms with van der Waals surface area (Å²) in [6, 6.07) is 3.65. The maximum Gasteiger partial charge on any atom is 0.260 e. The van der Waals surface area contributed by atoms with Gasteiger partial charge in [-0.05, 0) is 18.2 Å². The number of anilines is 1. The van der Waals surface area contributed by atoms with Crippen molar-refractivity contribution in [2.24, 2.45) is 12.8 Å². The average Bonchev–Trinajstić information content (AvgIpc) is 2.74. The Balaban J connectivity index is 2.35. The smallest absolute Gasteiger partial charge is 0.260 e. The van der Waals surface area contributed by atoms with Crippen LogP contribution < -0.4 is 11.1 Å². The molecule has 0 aliphatic carbocycles. The number of phenols is 2. The van der Waals surface area contributed by atoms with Gasteiger partial charge in [0, 0.05) is 7.05 Å². The number of hydrogen-bond donors (Lipinski definition) is 4. The molecule has 0 saturated heterocycles. The van der Waals surface area contributed by atoms with E-state index in [0.29, 0.717) is 11.4 Å². The number of hydrogen-bond acceptors (Lipinski definition) is 5. The highest BCUT2D eigenvalue weighted by Gasteiger charge is 2.17. The SMILES string of the molecule is Cn1ncc(C(N)=S)c1NC(=O)c1cc(O)ccc1O. The first kappa shape index (κ1) is 13.8. The Morgan fingerprint density at radius 1 is 1.40 bits per heavy atom. The zero-order valence-electron chi connectivity index (χ0n) is 10.5. The number of benzene rings is 1. The molecule has 7 nitrogen and oxygen atoms in total. The predicted molar refractivity (Wildman–Crippen MR) is 76.8 cm³/mol. The molecule has 1 aromatic heterocycles. The number of nitrogens with zero attached hydrogens (tertiary/aromatic N) is 2. The summed E-state index contributed by atoms with van der Waals surface area (Å²) in [7, 11) is 1.61. The molecule has 0 bridgehead atoms. The first-order valence-corrected chi connectivity index (χ1v) is 5.96. The summed E-state index contributed by atoms with van der Waals surface area (Å²) in [5.41, 5.74) is 5.88. The first-order valence-electron chi connectivity index (χ1n) is 5.55. The van der Waals surface area contributed by atoms with Gasteiger partial charge in [0.2, 0.25) is 0 Å². The molecule has 1 heterocycles. The van der Waals surface area contributed by atoms with Gasteiger partial charge in [0.25, 0.3) is 5.91 Å². The highest BCUT2D eigenvalue weighted by atomic mass is 32.1. The minimum absolute atomic E-state index is 0.0694. The minimum Gasteiger partial charge on any atom is -0.508 e. The van der Waals surface area contributed by atoms with Crippen LogP contribution in [0.25, 0.3) is 0 Å². The number of amides is 1. The van der Waals surface area contributed by atoms with Gasteiger partial charge in [0.15, 0.2) is 0 Å². The third-order valence-electron chi connectivity index (χ3n) is 2.66. The monoisotopic (exact) mass is 292 g/mol. The lowest BCUT2D eigenvalue weighted by atomic mass is 10.1. The van der Waals surface area contributed by atoms with E-state index in [-0.39, 0.29) is 22.1 Å². The molecule has 0 fully saturated rings. The van der Waals surface area contributed by atoms with E-state index in [1.54, 1.807) is 7.05 Å². The van der Waals surface area contributed by atoms with E-state index in [9.17, 15) is 15.0 Å². The summed E-state index contributed by atoms with van der Waals surface area (Å²) >= 11 is 4.86. The molecule has 20 heavy (non-hydrogen) atoms. The molecule has 0 aliphatic rings. The second-order valence-electron chi connectivity index (χ2n) is 4.05. The summed E-state index contributed by atoms with van der Waals surface area (Å²) in [6.45, 7) is 0. The van der Waals surface area contributed by atoms with Gasteiger partial charge in [0.1, 0.15) is 22.3 Å². The van der Waals surface area contributed by atoms with Gasteiger partial charge in [-0.15, -0.1) is 0 Å². The molecule has 2 rings (SSSR count). The number of thiocarbonyl (C=S) groups is 1. The highest BCUT2D eigenvalue weighted by Crippen LogP contribution is 2.24. The summed E-state index contributed by atoms with van der Waals surface area (Å²) in [5, 5.41) is 25.5. The number of phenolic OH excluding ortho intramolecular Hbond substituents is 2. The number of aromatic hydroxyl groups is 2. The summed E-state index contributed by atoms with van der Waals surface area (Å²) < 4.78 is 1.40. The van der Waals surface area contributed by atoms with Crippen molar-refractivity contribution in [3.05, 3.63) is 35.5 Å². The molecule has 8 heteroatoms. The summed E-state index contributed by atoms with van der Waals surface area (Å²) in [6.07, 6.45) is 1.43. The van der Waals surface area contributed by atoms with Crippen molar-refractivity contribution in [2.75, 3.05) is 5.32 Å². The topological polar surface area (TPSA) is 113 Å². The molecule has 0 aliphatic heterocycles. The Morgan fingerprint density at radius 3 is 2.75 bits per heavy atom. The molecule has 0 radical (unpaired) electrons. The van der Waals surface area contributed by atoms with E-state index in [2.05, 4.69) is 10.4 Å². The van der Waals surface area contributed by atoms with Crippen LogP contribution in [0.15, 0.2) is 24.4 Å². The van der Waals surface area contributed by atoms with E-state index in [0.717, 1.165) is 6.07 Å². The quantitative estimate of drug-likeness (QED) is 0.489. The van der Waals surface area contributed by atoms with Crippen LogP contribution in [0, 0.1) is 0 Å². The molecule has 2 aromatic rings. The fourth-order valence-corrected chi connectivity index (χ4v) is 1.80. The van der Waals surface area contributed by atoms with E-state index in [1.165, 1.54) is 23.0 Å². The Bertz CT molecular complexity index is 696. The lowest BCUT2D eigenvalue weighted by Crippen LogP contribution is -2.18. The van der Waals surface area contributed by atoms with Crippen LogP contribution in [-0.4, -0.2) is 30.9 Å². The Kier molecular flexibility index (Phi) is 3.57. The molecule has 0 atom stereocenters. The van der Waals surface area contributed by atoms with Crippen molar-refractivity contribution in [1.29, 1.82) is 0 Å². The molecular weight excluding hydrogens is 280 g/mol. The van der Waals surface area contributed by atoms with E-state index in [1.807, 2.05) is 0 Å². The van der Waals surface area contributed by atoms with Crippen LogP contribution in [0.1, 0.15) is 15.9 Å². The van der Waals surface area contributed by atoms with Gasteiger partial charge in [0.05, 0.1) is 17.3 Å². The largest absolute Gasteiger partial charge is 0.508 e. The van der Waals surface area contributed by atoms with Crippen LogP contribution in [0.4, 0.5) is 5.82 Å². The number of aryl methyl sites for hydroxylation is 1. The standard InChI is InChI=1S/C12H12N4O3S/c1-16-11(8(5-14-16)10(13)20)15-12(19)7-4-6(17)2-3-9(7)18/h2-5,17-18H,1H3,(H2,13,20)(H,15,19).